The Morgan fingerprint density at radius 1 is 0.909 bits per heavy atom. The molecule has 3 rings (SSSR count). The van der Waals surface area contributed by atoms with Gasteiger partial charge < -0.3 is 19.7 Å². The number of carbonyl (C=O) groups excluding carboxylic acids is 2. The van der Waals surface area contributed by atoms with Crippen LogP contribution in [0.3, 0.4) is 0 Å². The summed E-state index contributed by atoms with van der Waals surface area (Å²) in [6.07, 6.45) is 0.329. The van der Waals surface area contributed by atoms with Crippen molar-refractivity contribution in [2.45, 2.75) is 19.0 Å². The molecule has 0 aliphatic carbocycles. The van der Waals surface area contributed by atoms with Crippen molar-refractivity contribution in [1.82, 2.24) is 10.2 Å². The summed E-state index contributed by atoms with van der Waals surface area (Å²) in [5.41, 5.74) is 1.62. The van der Waals surface area contributed by atoms with Crippen molar-refractivity contribution in [1.29, 1.82) is 0 Å². The molecule has 0 aromatic heterocycles. The van der Waals surface area contributed by atoms with Gasteiger partial charge in [0.05, 0.1) is 7.11 Å². The molecule has 0 bridgehead atoms. The van der Waals surface area contributed by atoms with Crippen molar-refractivity contribution >= 4 is 11.8 Å². The van der Waals surface area contributed by atoms with Crippen molar-refractivity contribution in [3.05, 3.63) is 95.8 Å². The van der Waals surface area contributed by atoms with Gasteiger partial charge in [0.15, 0.2) is 6.61 Å². The normalized spacial score (nSPS) is 11.4. The number of carbonyl (C=O) groups is 2. The highest BCUT2D eigenvalue weighted by Crippen LogP contribution is 2.19. The number of benzene rings is 3. The van der Waals surface area contributed by atoms with Gasteiger partial charge in [0.1, 0.15) is 23.4 Å². The van der Waals surface area contributed by atoms with Crippen molar-refractivity contribution < 1.29 is 23.5 Å². The number of halogens is 1. The van der Waals surface area contributed by atoms with E-state index in [0.717, 1.165) is 5.56 Å². The maximum Gasteiger partial charge on any atom is 0.261 e. The fraction of sp³-hybridized carbons (Fsp3) is 0.231. The minimum Gasteiger partial charge on any atom is -0.497 e. The summed E-state index contributed by atoms with van der Waals surface area (Å²) in [7, 11) is 3.10. The molecule has 3 aromatic carbocycles. The first-order chi connectivity index (χ1) is 16.0. The molecule has 0 spiro atoms. The summed E-state index contributed by atoms with van der Waals surface area (Å²) in [5, 5.41) is 2.65. The molecule has 3 aromatic rings. The first-order valence-corrected chi connectivity index (χ1v) is 10.6. The minimum absolute atomic E-state index is 0.135. The van der Waals surface area contributed by atoms with Gasteiger partial charge in [-0.1, -0.05) is 42.5 Å². The SMILES string of the molecule is CNC(=O)C(Cc1ccccc1)N(Cc1ccc(F)cc1)C(=O)COc1ccc(OC)cc1. The van der Waals surface area contributed by atoms with E-state index in [1.165, 1.54) is 24.1 Å². The first kappa shape index (κ1) is 23.8. The zero-order valence-electron chi connectivity index (χ0n) is 18.7. The Morgan fingerprint density at radius 2 is 1.55 bits per heavy atom. The van der Waals surface area contributed by atoms with Crippen LogP contribution in [-0.2, 0) is 22.6 Å². The van der Waals surface area contributed by atoms with Gasteiger partial charge in [-0.15, -0.1) is 0 Å². The summed E-state index contributed by atoms with van der Waals surface area (Å²) in [4.78, 5) is 27.6. The number of ether oxygens (including phenoxy) is 2. The smallest absolute Gasteiger partial charge is 0.261 e. The number of hydrogen-bond donors (Lipinski definition) is 1. The lowest BCUT2D eigenvalue weighted by Gasteiger charge is -2.31. The lowest BCUT2D eigenvalue weighted by molar-refractivity contribution is -0.142. The molecule has 1 atom stereocenters. The Labute approximate surface area is 192 Å². The Balaban J connectivity index is 1.84. The third-order valence-electron chi connectivity index (χ3n) is 5.21. The molecule has 0 aliphatic rings. The number of hydrogen-bond acceptors (Lipinski definition) is 4. The molecular weight excluding hydrogens is 423 g/mol. The average Bonchev–Trinajstić information content (AvgIpc) is 2.86. The second-order valence-corrected chi connectivity index (χ2v) is 7.43. The predicted octanol–water partition coefficient (Wildman–Crippen LogP) is 3.60. The van der Waals surface area contributed by atoms with Gasteiger partial charge in [-0.05, 0) is 47.5 Å². The zero-order chi connectivity index (χ0) is 23.6. The molecule has 1 unspecified atom stereocenters. The van der Waals surface area contributed by atoms with Gasteiger partial charge in [-0.3, -0.25) is 9.59 Å². The number of nitrogens with one attached hydrogen (secondary N) is 1. The second-order valence-electron chi connectivity index (χ2n) is 7.43. The van der Waals surface area contributed by atoms with Crippen LogP contribution in [-0.4, -0.2) is 43.5 Å². The summed E-state index contributed by atoms with van der Waals surface area (Å²) in [6, 6.07) is 21.4. The lowest BCUT2D eigenvalue weighted by Crippen LogP contribution is -2.51. The van der Waals surface area contributed by atoms with Crippen LogP contribution in [0.1, 0.15) is 11.1 Å². The monoisotopic (exact) mass is 450 g/mol. The van der Waals surface area contributed by atoms with Crippen LogP contribution < -0.4 is 14.8 Å². The Hall–Kier alpha value is -3.87. The predicted molar refractivity (Wildman–Crippen MR) is 123 cm³/mol. The zero-order valence-corrected chi connectivity index (χ0v) is 18.7. The standard InChI is InChI=1S/C26H27FN2O4/c1-28-26(31)24(16-19-6-4-3-5-7-19)29(17-20-8-10-21(27)11-9-20)25(30)18-33-23-14-12-22(32-2)13-15-23/h3-15,24H,16-18H2,1-2H3,(H,28,31). The van der Waals surface area contributed by atoms with Crippen LogP contribution in [0.2, 0.25) is 0 Å². The number of rotatable bonds is 10. The quantitative estimate of drug-likeness (QED) is 0.513. The number of likely N-dealkylation sites (N-methyl/N-ethyl adjacent to an activating group) is 1. The van der Waals surface area contributed by atoms with E-state index < -0.39 is 6.04 Å². The minimum atomic E-state index is -0.769. The van der Waals surface area contributed by atoms with E-state index in [-0.39, 0.29) is 30.8 Å². The molecule has 0 aliphatic heterocycles. The molecule has 33 heavy (non-hydrogen) atoms. The van der Waals surface area contributed by atoms with Crippen molar-refractivity contribution in [3.8, 4) is 11.5 Å². The van der Waals surface area contributed by atoms with Crippen LogP contribution in [0, 0.1) is 5.82 Å². The first-order valence-electron chi connectivity index (χ1n) is 10.6. The molecular formula is C26H27FN2O4. The number of methoxy groups -OCH3 is 1. The van der Waals surface area contributed by atoms with Crippen molar-refractivity contribution in [2.24, 2.45) is 0 Å². The second kappa shape index (κ2) is 11.7. The summed E-state index contributed by atoms with van der Waals surface area (Å²) >= 11 is 0. The fourth-order valence-electron chi connectivity index (χ4n) is 3.41. The van der Waals surface area contributed by atoms with Crippen LogP contribution in [0.25, 0.3) is 0 Å². The molecule has 1 N–H and O–H groups in total. The third kappa shape index (κ3) is 6.80. The Kier molecular flexibility index (Phi) is 8.41. The van der Waals surface area contributed by atoms with Gasteiger partial charge in [-0.25, -0.2) is 4.39 Å². The molecule has 7 heteroatoms. The van der Waals surface area contributed by atoms with E-state index >= 15 is 0 Å². The molecule has 0 fully saturated rings. The maximum absolute atomic E-state index is 13.4. The number of nitrogens with zero attached hydrogens (tertiary/aromatic N) is 1. The fourth-order valence-corrected chi connectivity index (χ4v) is 3.41. The Morgan fingerprint density at radius 3 is 2.15 bits per heavy atom. The summed E-state index contributed by atoms with van der Waals surface area (Å²) in [5.74, 6) is 0.157. The maximum atomic E-state index is 13.4. The molecule has 0 heterocycles. The number of amides is 2. The lowest BCUT2D eigenvalue weighted by atomic mass is 10.0. The van der Waals surface area contributed by atoms with E-state index in [1.54, 1.807) is 43.5 Å². The van der Waals surface area contributed by atoms with E-state index in [1.807, 2.05) is 30.3 Å². The largest absolute Gasteiger partial charge is 0.497 e. The van der Waals surface area contributed by atoms with E-state index in [0.29, 0.717) is 23.5 Å². The average molecular weight is 451 g/mol. The van der Waals surface area contributed by atoms with Crippen molar-refractivity contribution in [3.63, 3.8) is 0 Å². The molecule has 0 saturated carbocycles. The molecule has 2 amide bonds. The van der Waals surface area contributed by atoms with Crippen LogP contribution in [0.15, 0.2) is 78.9 Å². The molecule has 172 valence electrons. The Bertz CT molecular complexity index is 1040. The highest BCUT2D eigenvalue weighted by Gasteiger charge is 2.30. The van der Waals surface area contributed by atoms with Gasteiger partial charge >= 0.3 is 0 Å². The topological polar surface area (TPSA) is 67.9 Å². The van der Waals surface area contributed by atoms with Crippen LogP contribution in [0.5, 0.6) is 11.5 Å². The van der Waals surface area contributed by atoms with Crippen molar-refractivity contribution in [2.75, 3.05) is 20.8 Å². The molecule has 0 radical (unpaired) electrons. The van der Waals surface area contributed by atoms with E-state index in [4.69, 9.17) is 9.47 Å². The van der Waals surface area contributed by atoms with Gasteiger partial charge in [0.25, 0.3) is 5.91 Å². The molecule has 6 nitrogen and oxygen atoms in total. The highest BCUT2D eigenvalue weighted by atomic mass is 19.1. The van der Waals surface area contributed by atoms with Gasteiger partial charge in [0.2, 0.25) is 5.91 Å². The highest BCUT2D eigenvalue weighted by molar-refractivity contribution is 5.88. The third-order valence-corrected chi connectivity index (χ3v) is 5.21. The van der Waals surface area contributed by atoms with E-state index in [9.17, 15) is 14.0 Å². The van der Waals surface area contributed by atoms with Crippen LogP contribution >= 0.6 is 0 Å². The summed E-state index contributed by atoms with van der Waals surface area (Å²) in [6.45, 7) is -0.119. The molecule has 0 saturated heterocycles. The van der Waals surface area contributed by atoms with Crippen LogP contribution in [0.4, 0.5) is 4.39 Å². The van der Waals surface area contributed by atoms with Gasteiger partial charge in [-0.2, -0.15) is 0 Å². The van der Waals surface area contributed by atoms with Gasteiger partial charge in [0, 0.05) is 20.0 Å². The summed E-state index contributed by atoms with van der Waals surface area (Å²) < 4.78 is 24.2. The van der Waals surface area contributed by atoms with E-state index in [2.05, 4.69) is 5.32 Å².